The van der Waals surface area contributed by atoms with Crippen LogP contribution >= 0.6 is 12.2 Å². The van der Waals surface area contributed by atoms with E-state index in [4.69, 9.17) is 12.2 Å². The first-order valence-corrected chi connectivity index (χ1v) is 6.92. The second kappa shape index (κ2) is 6.48. The number of halogens is 1. The summed E-state index contributed by atoms with van der Waals surface area (Å²) in [6.45, 7) is 4.01. The Labute approximate surface area is 124 Å². The van der Waals surface area contributed by atoms with Crippen LogP contribution in [0.3, 0.4) is 0 Å². The van der Waals surface area contributed by atoms with Crippen molar-refractivity contribution in [1.29, 1.82) is 0 Å². The maximum Gasteiger partial charge on any atom is 0.175 e. The standard InChI is InChI=1S/C16H17FN2S/c1-3-12-5-7-13(8-6-12)18-16(20)19-15-10-11(2)4-9-14(15)17/h4-10H,3H2,1-2H3,(H2,18,19,20). The van der Waals surface area contributed by atoms with Gasteiger partial charge in [-0.2, -0.15) is 0 Å². The molecule has 2 N–H and O–H groups in total. The van der Waals surface area contributed by atoms with E-state index in [0.717, 1.165) is 17.7 Å². The molecule has 0 aliphatic rings. The van der Waals surface area contributed by atoms with Crippen LogP contribution in [0.5, 0.6) is 0 Å². The molecule has 0 spiro atoms. The third-order valence-corrected chi connectivity index (χ3v) is 3.19. The molecule has 0 radical (unpaired) electrons. The fourth-order valence-corrected chi connectivity index (χ4v) is 2.07. The van der Waals surface area contributed by atoms with E-state index in [2.05, 4.69) is 17.6 Å². The molecule has 2 nitrogen and oxygen atoms in total. The number of aryl methyl sites for hydroxylation is 2. The zero-order valence-electron chi connectivity index (χ0n) is 11.5. The molecule has 0 aromatic heterocycles. The van der Waals surface area contributed by atoms with Crippen molar-refractivity contribution >= 4 is 28.7 Å². The zero-order chi connectivity index (χ0) is 14.5. The molecule has 0 saturated heterocycles. The van der Waals surface area contributed by atoms with Gasteiger partial charge in [-0.1, -0.05) is 25.1 Å². The number of anilines is 2. The Balaban J connectivity index is 2.03. The van der Waals surface area contributed by atoms with Crippen LogP contribution < -0.4 is 10.6 Å². The first kappa shape index (κ1) is 14.5. The lowest BCUT2D eigenvalue weighted by atomic mass is 10.1. The van der Waals surface area contributed by atoms with E-state index in [1.807, 2.05) is 31.2 Å². The Hall–Kier alpha value is -1.94. The Morgan fingerprint density at radius 2 is 1.80 bits per heavy atom. The molecule has 0 atom stereocenters. The van der Waals surface area contributed by atoms with E-state index in [-0.39, 0.29) is 5.82 Å². The molecule has 20 heavy (non-hydrogen) atoms. The highest BCUT2D eigenvalue weighted by molar-refractivity contribution is 7.80. The molecule has 0 amide bonds. The summed E-state index contributed by atoms with van der Waals surface area (Å²) in [5.74, 6) is -0.318. The molecule has 0 fully saturated rings. The summed E-state index contributed by atoms with van der Waals surface area (Å²) in [6, 6.07) is 12.9. The van der Waals surface area contributed by atoms with E-state index in [1.165, 1.54) is 11.6 Å². The number of nitrogens with one attached hydrogen (secondary N) is 2. The van der Waals surface area contributed by atoms with Crippen LogP contribution in [0.25, 0.3) is 0 Å². The molecular formula is C16H17FN2S. The molecule has 0 aliphatic carbocycles. The maximum atomic E-state index is 13.6. The monoisotopic (exact) mass is 288 g/mol. The molecule has 104 valence electrons. The minimum Gasteiger partial charge on any atom is -0.332 e. The molecule has 4 heteroatoms. The van der Waals surface area contributed by atoms with E-state index >= 15 is 0 Å². The lowest BCUT2D eigenvalue weighted by molar-refractivity contribution is 0.632. The van der Waals surface area contributed by atoms with Crippen molar-refractivity contribution in [3.05, 3.63) is 59.4 Å². The van der Waals surface area contributed by atoms with Gasteiger partial charge < -0.3 is 10.6 Å². The van der Waals surface area contributed by atoms with E-state index in [1.54, 1.807) is 12.1 Å². The van der Waals surface area contributed by atoms with Gasteiger partial charge in [-0.3, -0.25) is 0 Å². The highest BCUT2D eigenvalue weighted by Gasteiger charge is 2.04. The summed E-state index contributed by atoms with van der Waals surface area (Å²) in [4.78, 5) is 0. The normalized spacial score (nSPS) is 10.2. The van der Waals surface area contributed by atoms with E-state index in [0.29, 0.717) is 10.8 Å². The first-order valence-electron chi connectivity index (χ1n) is 6.51. The third-order valence-electron chi connectivity index (χ3n) is 2.99. The lowest BCUT2D eigenvalue weighted by Gasteiger charge is -2.12. The lowest BCUT2D eigenvalue weighted by Crippen LogP contribution is -2.19. The number of hydrogen-bond acceptors (Lipinski definition) is 1. The largest absolute Gasteiger partial charge is 0.332 e. The van der Waals surface area contributed by atoms with Crippen molar-refractivity contribution < 1.29 is 4.39 Å². The van der Waals surface area contributed by atoms with Crippen LogP contribution in [0.15, 0.2) is 42.5 Å². The van der Waals surface area contributed by atoms with Gasteiger partial charge >= 0.3 is 0 Å². The zero-order valence-corrected chi connectivity index (χ0v) is 12.4. The van der Waals surface area contributed by atoms with Crippen molar-refractivity contribution in [3.8, 4) is 0 Å². The molecule has 0 heterocycles. The molecule has 0 saturated carbocycles. The van der Waals surface area contributed by atoms with Crippen molar-refractivity contribution in [1.82, 2.24) is 0 Å². The summed E-state index contributed by atoms with van der Waals surface area (Å²) in [6.07, 6.45) is 0.997. The Kier molecular flexibility index (Phi) is 4.69. The van der Waals surface area contributed by atoms with Crippen molar-refractivity contribution in [2.75, 3.05) is 10.6 Å². The molecule has 0 bridgehead atoms. The third kappa shape index (κ3) is 3.78. The van der Waals surface area contributed by atoms with Crippen molar-refractivity contribution in [2.24, 2.45) is 0 Å². The second-order valence-corrected chi connectivity index (χ2v) is 5.02. The maximum absolute atomic E-state index is 13.6. The average Bonchev–Trinajstić information content (AvgIpc) is 2.43. The minimum atomic E-state index is -0.318. The summed E-state index contributed by atoms with van der Waals surface area (Å²) in [7, 11) is 0. The molecule has 0 unspecified atom stereocenters. The number of rotatable bonds is 3. The number of hydrogen-bond donors (Lipinski definition) is 2. The van der Waals surface area contributed by atoms with Crippen LogP contribution in [0.4, 0.5) is 15.8 Å². The SMILES string of the molecule is CCc1ccc(NC(=S)Nc2cc(C)ccc2F)cc1. The van der Waals surface area contributed by atoms with Gasteiger partial charge in [-0.15, -0.1) is 0 Å². The molecule has 2 aromatic carbocycles. The molecule has 2 rings (SSSR count). The fraction of sp³-hybridized carbons (Fsp3) is 0.188. The predicted octanol–water partition coefficient (Wildman–Crippen LogP) is 4.51. The molecule has 0 aliphatic heterocycles. The summed E-state index contributed by atoms with van der Waals surface area (Å²) >= 11 is 5.19. The first-order chi connectivity index (χ1) is 9.58. The van der Waals surface area contributed by atoms with Gasteiger partial charge in [0.25, 0.3) is 0 Å². The van der Waals surface area contributed by atoms with Crippen LogP contribution in [-0.2, 0) is 6.42 Å². The Morgan fingerprint density at radius 3 is 2.45 bits per heavy atom. The second-order valence-electron chi connectivity index (χ2n) is 4.61. The predicted molar refractivity (Wildman–Crippen MR) is 86.8 cm³/mol. The van der Waals surface area contributed by atoms with E-state index in [9.17, 15) is 4.39 Å². The van der Waals surface area contributed by atoms with Crippen LogP contribution in [-0.4, -0.2) is 5.11 Å². The topological polar surface area (TPSA) is 24.1 Å². The van der Waals surface area contributed by atoms with Gasteiger partial charge in [-0.05, 0) is 61.0 Å². The highest BCUT2D eigenvalue weighted by Crippen LogP contribution is 2.16. The Bertz CT molecular complexity index is 608. The van der Waals surface area contributed by atoms with Gasteiger partial charge in [-0.25, -0.2) is 4.39 Å². The van der Waals surface area contributed by atoms with Gasteiger partial charge in [0.15, 0.2) is 5.11 Å². The van der Waals surface area contributed by atoms with Gasteiger partial charge in [0.1, 0.15) is 5.82 Å². The van der Waals surface area contributed by atoms with Crippen LogP contribution in [0.1, 0.15) is 18.1 Å². The average molecular weight is 288 g/mol. The van der Waals surface area contributed by atoms with Crippen LogP contribution in [0, 0.1) is 12.7 Å². The van der Waals surface area contributed by atoms with Crippen molar-refractivity contribution in [2.45, 2.75) is 20.3 Å². The van der Waals surface area contributed by atoms with E-state index < -0.39 is 0 Å². The number of thiocarbonyl (C=S) groups is 1. The van der Waals surface area contributed by atoms with Gasteiger partial charge in [0.2, 0.25) is 0 Å². The van der Waals surface area contributed by atoms with Crippen molar-refractivity contribution in [3.63, 3.8) is 0 Å². The minimum absolute atomic E-state index is 0.318. The van der Waals surface area contributed by atoms with Gasteiger partial charge in [0.05, 0.1) is 5.69 Å². The Morgan fingerprint density at radius 1 is 1.10 bits per heavy atom. The smallest absolute Gasteiger partial charge is 0.175 e. The summed E-state index contributed by atoms with van der Waals surface area (Å²) in [5, 5.41) is 6.29. The summed E-state index contributed by atoms with van der Waals surface area (Å²) < 4.78 is 13.6. The fourth-order valence-electron chi connectivity index (χ4n) is 1.84. The molecular weight excluding hydrogens is 271 g/mol. The van der Waals surface area contributed by atoms with Gasteiger partial charge in [0, 0.05) is 5.69 Å². The number of benzene rings is 2. The van der Waals surface area contributed by atoms with Crippen LogP contribution in [0.2, 0.25) is 0 Å². The summed E-state index contributed by atoms with van der Waals surface area (Å²) in [5.41, 5.74) is 3.50. The highest BCUT2D eigenvalue weighted by atomic mass is 32.1. The quantitative estimate of drug-likeness (QED) is 0.813. The molecule has 2 aromatic rings.